The lowest BCUT2D eigenvalue weighted by molar-refractivity contribution is -0.0727. The number of nitrogens with zero attached hydrogens (tertiary/aromatic N) is 3. The highest BCUT2D eigenvalue weighted by Gasteiger charge is 2.23. The molecule has 0 saturated heterocycles. The molecule has 1 aliphatic rings. The first kappa shape index (κ1) is 9.06. The van der Waals surface area contributed by atoms with Crippen molar-refractivity contribution in [3.63, 3.8) is 0 Å². The number of amidine groups is 1. The van der Waals surface area contributed by atoms with E-state index < -0.39 is 0 Å². The first-order valence-corrected chi connectivity index (χ1v) is 4.13. The minimum Gasteiger partial charge on any atom is -0.266 e. The Labute approximate surface area is 73.1 Å². The Bertz CT molecular complexity index is 212. The summed E-state index contributed by atoms with van der Waals surface area (Å²) in [6.45, 7) is 8.46. The Hall–Kier alpha value is -1.03. The van der Waals surface area contributed by atoms with Gasteiger partial charge in [-0.25, -0.2) is 5.01 Å². The summed E-state index contributed by atoms with van der Waals surface area (Å²) in [6.07, 6.45) is 0.851. The molecule has 1 heterocycles. The molecule has 0 aliphatic carbocycles. The fraction of sp³-hybridized carbons (Fsp3) is 0.625. The fourth-order valence-electron chi connectivity index (χ4n) is 1.04. The van der Waals surface area contributed by atoms with E-state index >= 15 is 0 Å². The molecule has 0 saturated carbocycles. The molecule has 4 heteroatoms. The van der Waals surface area contributed by atoms with Gasteiger partial charge in [0.1, 0.15) is 5.82 Å². The van der Waals surface area contributed by atoms with Crippen molar-refractivity contribution in [2.24, 2.45) is 5.10 Å². The molecule has 0 aromatic heterocycles. The number of rotatable bonds is 3. The van der Waals surface area contributed by atoms with E-state index in [0.29, 0.717) is 6.61 Å². The second-order valence-electron chi connectivity index (χ2n) is 2.52. The van der Waals surface area contributed by atoms with Gasteiger partial charge in [-0.2, -0.15) is 10.2 Å². The van der Waals surface area contributed by atoms with Crippen molar-refractivity contribution in [2.75, 3.05) is 13.7 Å². The molecular weight excluding hydrogens is 154 g/mol. The molecule has 0 aromatic rings. The van der Waals surface area contributed by atoms with Gasteiger partial charge in [-0.05, 0) is 6.92 Å². The Morgan fingerprint density at radius 2 is 2.17 bits per heavy atom. The Balaban J connectivity index is 2.71. The van der Waals surface area contributed by atoms with Crippen LogP contribution in [0.2, 0.25) is 0 Å². The lowest BCUT2D eigenvalue weighted by atomic mass is 10.4. The molecule has 1 aliphatic heterocycles. The van der Waals surface area contributed by atoms with Gasteiger partial charge in [0, 0.05) is 13.5 Å². The molecule has 0 spiro atoms. The number of hydrogen-bond acceptors (Lipinski definition) is 4. The van der Waals surface area contributed by atoms with Crippen LogP contribution >= 0.6 is 0 Å². The largest absolute Gasteiger partial charge is 0.266 e. The normalized spacial score (nSPS) is 17.2. The summed E-state index contributed by atoms with van der Waals surface area (Å²) in [6, 6.07) is 0. The summed E-state index contributed by atoms with van der Waals surface area (Å²) in [4.78, 5) is 5.35. The third-order valence-corrected chi connectivity index (χ3v) is 1.68. The number of hydrogen-bond donors (Lipinski definition) is 0. The van der Waals surface area contributed by atoms with Crippen LogP contribution in [-0.4, -0.2) is 29.6 Å². The topological polar surface area (TPSA) is 28.1 Å². The zero-order chi connectivity index (χ0) is 9.14. The van der Waals surface area contributed by atoms with Gasteiger partial charge in [0.05, 0.1) is 6.61 Å². The fourth-order valence-corrected chi connectivity index (χ4v) is 1.04. The average molecular weight is 169 g/mol. The van der Waals surface area contributed by atoms with Gasteiger partial charge in [0.25, 0.3) is 0 Å². The van der Waals surface area contributed by atoms with Crippen molar-refractivity contribution >= 4 is 5.84 Å². The molecule has 0 amide bonds. The van der Waals surface area contributed by atoms with Gasteiger partial charge in [-0.1, -0.05) is 13.5 Å². The third-order valence-electron chi connectivity index (χ3n) is 1.68. The highest BCUT2D eigenvalue weighted by Crippen LogP contribution is 2.18. The molecular formula is C8H15N3O. The maximum Gasteiger partial charge on any atom is 0.156 e. The molecule has 0 aromatic carbocycles. The maximum absolute atomic E-state index is 5.35. The predicted molar refractivity (Wildman–Crippen MR) is 48.1 cm³/mol. The van der Waals surface area contributed by atoms with Gasteiger partial charge in [-0.15, -0.1) is 0 Å². The van der Waals surface area contributed by atoms with Gasteiger partial charge < -0.3 is 0 Å². The molecule has 0 bridgehead atoms. The molecule has 1 rings (SSSR count). The Morgan fingerprint density at radius 3 is 2.67 bits per heavy atom. The van der Waals surface area contributed by atoms with Crippen LogP contribution in [0.15, 0.2) is 17.5 Å². The standard InChI is InChI=1S/C8H15N3O/c1-5-8-9-10(4)7(3)11(8)12-6-2/h3,5-6H2,1-2,4H3. The molecule has 0 unspecified atom stereocenters. The van der Waals surface area contributed by atoms with Crippen LogP contribution in [0.3, 0.4) is 0 Å². The molecule has 0 atom stereocenters. The quantitative estimate of drug-likeness (QED) is 0.639. The van der Waals surface area contributed by atoms with Crippen molar-refractivity contribution in [2.45, 2.75) is 20.3 Å². The second-order valence-corrected chi connectivity index (χ2v) is 2.52. The number of hydroxylamine groups is 2. The van der Waals surface area contributed by atoms with Crippen molar-refractivity contribution in [3.8, 4) is 0 Å². The molecule has 0 N–H and O–H groups in total. The summed E-state index contributed by atoms with van der Waals surface area (Å²) < 4.78 is 0. The molecule has 68 valence electrons. The van der Waals surface area contributed by atoms with Gasteiger partial charge in [-0.3, -0.25) is 4.84 Å². The lowest BCUT2D eigenvalue weighted by Crippen LogP contribution is -2.27. The minimum absolute atomic E-state index is 0.631. The zero-order valence-electron chi connectivity index (χ0n) is 7.87. The van der Waals surface area contributed by atoms with E-state index in [-0.39, 0.29) is 0 Å². The van der Waals surface area contributed by atoms with Crippen molar-refractivity contribution in [1.29, 1.82) is 0 Å². The van der Waals surface area contributed by atoms with E-state index in [4.69, 9.17) is 4.84 Å². The zero-order valence-corrected chi connectivity index (χ0v) is 7.87. The van der Waals surface area contributed by atoms with E-state index in [1.807, 2.05) is 20.9 Å². The van der Waals surface area contributed by atoms with Crippen LogP contribution in [0, 0.1) is 0 Å². The summed E-state index contributed by atoms with van der Waals surface area (Å²) in [5.74, 6) is 1.68. The molecule has 0 radical (unpaired) electrons. The molecule has 4 nitrogen and oxygen atoms in total. The van der Waals surface area contributed by atoms with E-state index in [1.54, 1.807) is 10.1 Å². The van der Waals surface area contributed by atoms with Crippen LogP contribution in [0.4, 0.5) is 0 Å². The van der Waals surface area contributed by atoms with E-state index in [2.05, 4.69) is 11.7 Å². The lowest BCUT2D eigenvalue weighted by Gasteiger charge is -2.19. The smallest absolute Gasteiger partial charge is 0.156 e. The van der Waals surface area contributed by atoms with E-state index in [1.165, 1.54) is 0 Å². The van der Waals surface area contributed by atoms with Crippen LogP contribution in [0.25, 0.3) is 0 Å². The third kappa shape index (κ3) is 1.43. The first-order valence-electron chi connectivity index (χ1n) is 4.13. The number of hydrazone groups is 1. The Morgan fingerprint density at radius 1 is 1.50 bits per heavy atom. The summed E-state index contributed by atoms with van der Waals surface area (Å²) in [5.41, 5.74) is 0. The molecule has 0 fully saturated rings. The highest BCUT2D eigenvalue weighted by molar-refractivity contribution is 5.83. The van der Waals surface area contributed by atoms with Crippen molar-refractivity contribution < 1.29 is 4.84 Å². The summed E-state index contributed by atoms with van der Waals surface area (Å²) in [5, 5.41) is 7.64. The van der Waals surface area contributed by atoms with Crippen LogP contribution in [0.1, 0.15) is 20.3 Å². The monoisotopic (exact) mass is 169 g/mol. The van der Waals surface area contributed by atoms with Gasteiger partial charge >= 0.3 is 0 Å². The average Bonchev–Trinajstić information content (AvgIpc) is 2.33. The van der Waals surface area contributed by atoms with E-state index in [0.717, 1.165) is 18.1 Å². The minimum atomic E-state index is 0.631. The van der Waals surface area contributed by atoms with E-state index in [9.17, 15) is 0 Å². The second kappa shape index (κ2) is 3.58. The van der Waals surface area contributed by atoms with Crippen molar-refractivity contribution in [1.82, 2.24) is 10.1 Å². The molecule has 12 heavy (non-hydrogen) atoms. The van der Waals surface area contributed by atoms with Gasteiger partial charge in [0.15, 0.2) is 5.84 Å². The van der Waals surface area contributed by atoms with Gasteiger partial charge in [0.2, 0.25) is 0 Å². The van der Waals surface area contributed by atoms with Crippen molar-refractivity contribution in [3.05, 3.63) is 12.4 Å². The maximum atomic E-state index is 5.35. The summed E-state index contributed by atoms with van der Waals surface area (Å²) in [7, 11) is 1.86. The predicted octanol–water partition coefficient (Wildman–Crippen LogP) is 1.38. The van der Waals surface area contributed by atoms with Crippen LogP contribution in [-0.2, 0) is 4.84 Å². The first-order chi connectivity index (χ1) is 5.70. The van der Waals surface area contributed by atoms with Crippen LogP contribution < -0.4 is 0 Å². The Kier molecular flexibility index (Phi) is 2.70. The summed E-state index contributed by atoms with van der Waals surface area (Å²) >= 11 is 0. The van der Waals surface area contributed by atoms with Crippen LogP contribution in [0.5, 0.6) is 0 Å². The highest BCUT2D eigenvalue weighted by atomic mass is 16.7. The SMILES string of the molecule is C=C1N(C)N=C(CC)N1OCC.